The van der Waals surface area contributed by atoms with Crippen LogP contribution in [0.15, 0.2) is 54.6 Å². The van der Waals surface area contributed by atoms with Crippen LogP contribution in [0.5, 0.6) is 0 Å². The summed E-state index contributed by atoms with van der Waals surface area (Å²) in [5, 5.41) is 0. The van der Waals surface area contributed by atoms with Crippen LogP contribution in [0.1, 0.15) is 15.9 Å². The first-order valence-electron chi connectivity index (χ1n) is 8.31. The van der Waals surface area contributed by atoms with Crippen molar-refractivity contribution in [3.63, 3.8) is 0 Å². The Morgan fingerprint density at radius 1 is 0.846 bits per heavy atom. The van der Waals surface area contributed by atoms with Crippen molar-refractivity contribution < 1.29 is 18.4 Å². The van der Waals surface area contributed by atoms with Gasteiger partial charge in [0.1, 0.15) is 0 Å². The van der Waals surface area contributed by atoms with E-state index in [1.54, 1.807) is 11.0 Å². The van der Waals surface area contributed by atoms with Crippen LogP contribution < -0.4 is 0 Å². The van der Waals surface area contributed by atoms with Gasteiger partial charge in [0, 0.05) is 37.8 Å². The van der Waals surface area contributed by atoms with Gasteiger partial charge in [0.2, 0.25) is 5.91 Å². The van der Waals surface area contributed by atoms with Crippen LogP contribution in [0.2, 0.25) is 0 Å². The molecule has 0 bridgehead atoms. The molecule has 0 saturated carbocycles. The van der Waals surface area contributed by atoms with E-state index in [1.807, 2.05) is 30.3 Å². The number of carbonyl (C=O) groups is 2. The zero-order valence-corrected chi connectivity index (χ0v) is 14.1. The first-order chi connectivity index (χ1) is 12.5. The first-order valence-corrected chi connectivity index (χ1v) is 8.31. The van der Waals surface area contributed by atoms with Gasteiger partial charge in [-0.15, -0.1) is 0 Å². The summed E-state index contributed by atoms with van der Waals surface area (Å²) in [6.45, 7) is 1.49. The Balaban J connectivity index is 1.56. The fraction of sp³-hybridized carbons (Fsp3) is 0.200. The van der Waals surface area contributed by atoms with E-state index in [0.29, 0.717) is 26.2 Å². The lowest BCUT2D eigenvalue weighted by molar-refractivity contribution is -0.127. The van der Waals surface area contributed by atoms with E-state index in [0.717, 1.165) is 17.7 Å². The molecule has 0 atom stereocenters. The maximum Gasteiger partial charge on any atom is 0.254 e. The van der Waals surface area contributed by atoms with Gasteiger partial charge in [0.15, 0.2) is 11.6 Å². The summed E-state index contributed by atoms with van der Waals surface area (Å²) in [7, 11) is 0. The summed E-state index contributed by atoms with van der Waals surface area (Å²) < 4.78 is 26.3. The van der Waals surface area contributed by atoms with E-state index < -0.39 is 11.6 Å². The molecule has 1 heterocycles. The highest BCUT2D eigenvalue weighted by molar-refractivity contribution is 5.95. The SMILES string of the molecule is O=C(/C=C/c1ccccc1)N1CCN(C(=O)c2ccc(F)c(F)c2)CC1. The molecule has 0 unspecified atom stereocenters. The highest BCUT2D eigenvalue weighted by Gasteiger charge is 2.24. The van der Waals surface area contributed by atoms with Gasteiger partial charge in [-0.25, -0.2) is 8.78 Å². The summed E-state index contributed by atoms with van der Waals surface area (Å²) in [6.07, 6.45) is 3.27. The zero-order chi connectivity index (χ0) is 18.5. The second-order valence-corrected chi connectivity index (χ2v) is 5.99. The zero-order valence-electron chi connectivity index (χ0n) is 14.1. The predicted molar refractivity (Wildman–Crippen MR) is 94.3 cm³/mol. The lowest BCUT2D eigenvalue weighted by atomic mass is 10.1. The smallest absolute Gasteiger partial charge is 0.254 e. The Kier molecular flexibility index (Phi) is 5.41. The number of carbonyl (C=O) groups excluding carboxylic acids is 2. The standard InChI is InChI=1S/C20H18F2N2O2/c21-17-8-7-16(14-18(17)22)20(26)24-12-10-23(11-13-24)19(25)9-6-15-4-2-1-3-5-15/h1-9,14H,10-13H2/b9-6+. The fourth-order valence-electron chi connectivity index (χ4n) is 2.78. The minimum Gasteiger partial charge on any atom is -0.336 e. The number of halogens is 2. The predicted octanol–water partition coefficient (Wildman–Crippen LogP) is 2.96. The van der Waals surface area contributed by atoms with Crippen molar-refractivity contribution in [2.24, 2.45) is 0 Å². The molecule has 2 aromatic rings. The van der Waals surface area contributed by atoms with E-state index in [4.69, 9.17) is 0 Å². The number of benzene rings is 2. The molecule has 3 rings (SSSR count). The van der Waals surface area contributed by atoms with Gasteiger partial charge >= 0.3 is 0 Å². The van der Waals surface area contributed by atoms with E-state index >= 15 is 0 Å². The molecule has 6 heteroatoms. The van der Waals surface area contributed by atoms with Crippen LogP contribution in [-0.2, 0) is 4.79 Å². The van der Waals surface area contributed by atoms with Crippen molar-refractivity contribution in [1.82, 2.24) is 9.80 Å². The topological polar surface area (TPSA) is 40.6 Å². The molecule has 0 aliphatic carbocycles. The Morgan fingerprint density at radius 3 is 2.15 bits per heavy atom. The molecule has 0 spiro atoms. The summed E-state index contributed by atoms with van der Waals surface area (Å²) in [5.74, 6) is -2.51. The van der Waals surface area contributed by atoms with Gasteiger partial charge in [0.25, 0.3) is 5.91 Å². The molecule has 0 aromatic heterocycles. The number of amides is 2. The van der Waals surface area contributed by atoms with Crippen molar-refractivity contribution in [1.29, 1.82) is 0 Å². The average Bonchev–Trinajstić information content (AvgIpc) is 2.68. The summed E-state index contributed by atoms with van der Waals surface area (Å²) in [6, 6.07) is 12.6. The van der Waals surface area contributed by atoms with Crippen molar-refractivity contribution >= 4 is 17.9 Å². The van der Waals surface area contributed by atoms with Crippen LogP contribution >= 0.6 is 0 Å². The normalized spacial score (nSPS) is 14.7. The molecule has 134 valence electrons. The third-order valence-corrected chi connectivity index (χ3v) is 4.26. The van der Waals surface area contributed by atoms with Crippen molar-refractivity contribution in [3.05, 3.63) is 77.4 Å². The molecular formula is C20H18F2N2O2. The molecule has 2 aromatic carbocycles. The minimum absolute atomic E-state index is 0.104. The van der Waals surface area contributed by atoms with E-state index in [2.05, 4.69) is 0 Å². The molecule has 0 radical (unpaired) electrons. The van der Waals surface area contributed by atoms with Gasteiger partial charge in [0.05, 0.1) is 0 Å². The molecule has 1 fully saturated rings. The van der Waals surface area contributed by atoms with Gasteiger partial charge in [-0.05, 0) is 29.8 Å². The quantitative estimate of drug-likeness (QED) is 0.794. The lowest BCUT2D eigenvalue weighted by Crippen LogP contribution is -2.50. The maximum atomic E-state index is 13.3. The third kappa shape index (κ3) is 4.14. The van der Waals surface area contributed by atoms with Crippen LogP contribution in [0.4, 0.5) is 8.78 Å². The van der Waals surface area contributed by atoms with Crippen LogP contribution in [0.3, 0.4) is 0 Å². The van der Waals surface area contributed by atoms with Crippen molar-refractivity contribution in [2.45, 2.75) is 0 Å². The molecule has 0 N–H and O–H groups in total. The molecule has 2 amide bonds. The number of nitrogens with zero attached hydrogens (tertiary/aromatic N) is 2. The molecule has 1 aliphatic heterocycles. The van der Waals surface area contributed by atoms with Gasteiger partial charge in [-0.2, -0.15) is 0 Å². The Labute approximate surface area is 150 Å². The van der Waals surface area contributed by atoms with Gasteiger partial charge < -0.3 is 9.80 Å². The second kappa shape index (κ2) is 7.91. The van der Waals surface area contributed by atoms with Gasteiger partial charge in [-0.1, -0.05) is 30.3 Å². The summed E-state index contributed by atoms with van der Waals surface area (Å²) in [4.78, 5) is 27.8. The lowest BCUT2D eigenvalue weighted by Gasteiger charge is -2.34. The number of rotatable bonds is 3. The molecule has 1 aliphatic rings. The Morgan fingerprint density at radius 2 is 1.50 bits per heavy atom. The van der Waals surface area contributed by atoms with E-state index in [-0.39, 0.29) is 17.4 Å². The summed E-state index contributed by atoms with van der Waals surface area (Å²) >= 11 is 0. The molecule has 26 heavy (non-hydrogen) atoms. The first kappa shape index (κ1) is 17.8. The van der Waals surface area contributed by atoms with Crippen molar-refractivity contribution in [3.8, 4) is 0 Å². The van der Waals surface area contributed by atoms with Crippen LogP contribution in [0.25, 0.3) is 6.08 Å². The van der Waals surface area contributed by atoms with Gasteiger partial charge in [-0.3, -0.25) is 9.59 Å². The van der Waals surface area contributed by atoms with Crippen LogP contribution in [0, 0.1) is 11.6 Å². The maximum absolute atomic E-state index is 13.3. The molecule has 1 saturated heterocycles. The average molecular weight is 356 g/mol. The number of piperazine rings is 1. The largest absolute Gasteiger partial charge is 0.336 e. The Bertz CT molecular complexity index is 829. The monoisotopic (exact) mass is 356 g/mol. The highest BCUT2D eigenvalue weighted by atomic mass is 19.2. The number of hydrogen-bond donors (Lipinski definition) is 0. The van der Waals surface area contributed by atoms with E-state index in [9.17, 15) is 18.4 Å². The highest BCUT2D eigenvalue weighted by Crippen LogP contribution is 2.13. The molecule has 4 nitrogen and oxygen atoms in total. The minimum atomic E-state index is -1.05. The van der Waals surface area contributed by atoms with Crippen molar-refractivity contribution in [2.75, 3.05) is 26.2 Å². The van der Waals surface area contributed by atoms with E-state index in [1.165, 1.54) is 17.0 Å². The second-order valence-electron chi connectivity index (χ2n) is 5.99. The molecular weight excluding hydrogens is 338 g/mol. The summed E-state index contributed by atoms with van der Waals surface area (Å²) in [5.41, 5.74) is 1.04. The Hall–Kier alpha value is -3.02. The number of hydrogen-bond acceptors (Lipinski definition) is 2. The fourth-order valence-corrected chi connectivity index (χ4v) is 2.78. The third-order valence-electron chi connectivity index (χ3n) is 4.26. The van der Waals surface area contributed by atoms with Crippen LogP contribution in [-0.4, -0.2) is 47.8 Å².